The van der Waals surface area contributed by atoms with Gasteiger partial charge in [0.15, 0.2) is 5.58 Å². The quantitative estimate of drug-likeness (QED) is 0.151. The van der Waals surface area contributed by atoms with Gasteiger partial charge in [-0.1, -0.05) is 164 Å². The molecule has 0 aliphatic heterocycles. The summed E-state index contributed by atoms with van der Waals surface area (Å²) in [5.41, 5.74) is 12.9. The maximum absolute atomic E-state index is 6.34. The number of anilines is 3. The van der Waals surface area contributed by atoms with Gasteiger partial charge in [-0.05, 0) is 138 Å². The number of aromatic nitrogens is 1. The summed E-state index contributed by atoms with van der Waals surface area (Å²) in [6.45, 7) is 0. The summed E-state index contributed by atoms with van der Waals surface area (Å²) in [7, 11) is 0. The molecule has 3 nitrogen and oxygen atoms in total. The topological polar surface area (TPSA) is 29.3 Å². The number of oxazole rings is 1. The van der Waals surface area contributed by atoms with Crippen molar-refractivity contribution in [2.24, 2.45) is 0 Å². The molecule has 0 bridgehead atoms. The van der Waals surface area contributed by atoms with Gasteiger partial charge in [0.05, 0.1) is 0 Å². The maximum Gasteiger partial charge on any atom is 0.227 e. The van der Waals surface area contributed by atoms with Crippen LogP contribution < -0.4 is 4.90 Å². The highest BCUT2D eigenvalue weighted by Crippen LogP contribution is 2.42. The van der Waals surface area contributed by atoms with Crippen LogP contribution in [0.1, 0.15) is 0 Å². The van der Waals surface area contributed by atoms with Crippen LogP contribution in [0.25, 0.3) is 99.0 Å². The fourth-order valence-electron chi connectivity index (χ4n) is 9.23. The zero-order valence-corrected chi connectivity index (χ0v) is 33.7. The van der Waals surface area contributed by atoms with Crippen molar-refractivity contribution in [3.05, 3.63) is 231 Å². The first-order chi connectivity index (χ1) is 30.7. The third-order valence-corrected chi connectivity index (χ3v) is 12.2. The molecule has 1 aromatic heterocycles. The van der Waals surface area contributed by atoms with Crippen LogP contribution in [0.4, 0.5) is 17.1 Å². The van der Waals surface area contributed by atoms with E-state index < -0.39 is 0 Å². The third kappa shape index (κ3) is 6.18. The molecule has 0 spiro atoms. The van der Waals surface area contributed by atoms with Crippen molar-refractivity contribution >= 4 is 71.3 Å². The first-order valence-corrected chi connectivity index (χ1v) is 21.1. The fourth-order valence-corrected chi connectivity index (χ4v) is 9.23. The van der Waals surface area contributed by atoms with Crippen molar-refractivity contribution < 1.29 is 4.42 Å². The first-order valence-electron chi connectivity index (χ1n) is 21.1. The Hall–Kier alpha value is -8.27. The van der Waals surface area contributed by atoms with E-state index in [2.05, 4.69) is 199 Å². The van der Waals surface area contributed by atoms with Gasteiger partial charge in [0.1, 0.15) is 5.52 Å². The van der Waals surface area contributed by atoms with Crippen LogP contribution >= 0.6 is 0 Å². The molecular weight excluding hydrogens is 753 g/mol. The number of rotatable bonds is 7. The molecule has 12 rings (SSSR count). The van der Waals surface area contributed by atoms with Gasteiger partial charge in [-0.25, -0.2) is 4.98 Å². The minimum Gasteiger partial charge on any atom is -0.436 e. The average molecular weight is 791 g/mol. The van der Waals surface area contributed by atoms with Gasteiger partial charge in [0.2, 0.25) is 5.89 Å². The van der Waals surface area contributed by atoms with Crippen LogP contribution in [0.3, 0.4) is 0 Å². The summed E-state index contributed by atoms with van der Waals surface area (Å²) in [4.78, 5) is 7.45. The van der Waals surface area contributed by atoms with Crippen LogP contribution in [0.2, 0.25) is 0 Å². The van der Waals surface area contributed by atoms with Gasteiger partial charge >= 0.3 is 0 Å². The Bertz CT molecular complexity index is 3630. The second-order valence-corrected chi connectivity index (χ2v) is 15.9. The molecule has 0 fully saturated rings. The molecule has 1 heterocycles. The second-order valence-electron chi connectivity index (χ2n) is 15.9. The standard InChI is InChI=1S/C59H38N2O/c1-3-13-39(14-4-1)44-19-11-20-49(36-44)61(48-31-28-41(29-32-48)55-38-45-17-7-8-21-51(45)53-22-9-10-23-54(53)55)50-33-27-40-25-26-46(35-47(40)37-50)52-24-12-18-42-30-34-56-58(57(42)52)60-59(62-56)43-15-5-2-6-16-43/h1-38H. The Morgan fingerprint density at radius 1 is 0.323 bits per heavy atom. The Kier molecular flexibility index (Phi) is 8.50. The summed E-state index contributed by atoms with van der Waals surface area (Å²) < 4.78 is 6.34. The van der Waals surface area contributed by atoms with E-state index in [1.165, 1.54) is 49.2 Å². The van der Waals surface area contributed by atoms with Crippen LogP contribution in [0, 0.1) is 0 Å². The van der Waals surface area contributed by atoms with Crippen molar-refractivity contribution in [3.8, 4) is 44.8 Å². The smallest absolute Gasteiger partial charge is 0.227 e. The van der Waals surface area contributed by atoms with Crippen LogP contribution in [-0.4, -0.2) is 4.98 Å². The number of fused-ring (bicyclic) bond motifs is 7. The average Bonchev–Trinajstić information content (AvgIpc) is 3.80. The largest absolute Gasteiger partial charge is 0.436 e. The van der Waals surface area contributed by atoms with E-state index in [0.29, 0.717) is 5.89 Å². The van der Waals surface area contributed by atoms with Crippen molar-refractivity contribution in [2.45, 2.75) is 0 Å². The van der Waals surface area contributed by atoms with E-state index in [1.54, 1.807) is 0 Å². The van der Waals surface area contributed by atoms with E-state index in [-0.39, 0.29) is 0 Å². The zero-order valence-electron chi connectivity index (χ0n) is 33.7. The molecule has 62 heavy (non-hydrogen) atoms. The fraction of sp³-hybridized carbons (Fsp3) is 0. The Balaban J connectivity index is 0.994. The highest BCUT2D eigenvalue weighted by Gasteiger charge is 2.18. The lowest BCUT2D eigenvalue weighted by Crippen LogP contribution is -2.10. The summed E-state index contributed by atoms with van der Waals surface area (Å²) in [6.07, 6.45) is 0. The minimum absolute atomic E-state index is 0.626. The highest BCUT2D eigenvalue weighted by atomic mass is 16.3. The molecule has 290 valence electrons. The van der Waals surface area contributed by atoms with Crippen molar-refractivity contribution in [1.29, 1.82) is 0 Å². The number of hydrogen-bond acceptors (Lipinski definition) is 3. The van der Waals surface area contributed by atoms with Gasteiger partial charge in [-0.15, -0.1) is 0 Å². The summed E-state index contributed by atoms with van der Waals surface area (Å²) in [5.74, 6) is 0.626. The lowest BCUT2D eigenvalue weighted by molar-refractivity contribution is 0.620. The molecule has 11 aromatic carbocycles. The van der Waals surface area contributed by atoms with Crippen molar-refractivity contribution in [3.63, 3.8) is 0 Å². The van der Waals surface area contributed by atoms with E-state index in [9.17, 15) is 0 Å². The summed E-state index contributed by atoms with van der Waals surface area (Å²) in [5, 5.41) is 9.58. The summed E-state index contributed by atoms with van der Waals surface area (Å²) >= 11 is 0. The van der Waals surface area contributed by atoms with E-state index in [0.717, 1.165) is 61.0 Å². The SMILES string of the molecule is c1ccc(-c2cccc(N(c3ccc(-c4cc5ccccc5c5ccccc45)cc3)c3ccc4ccc(-c5cccc6ccc7oc(-c8ccccc8)nc7c56)cc4c3)c2)cc1. The van der Waals surface area contributed by atoms with Gasteiger partial charge in [0.25, 0.3) is 0 Å². The molecule has 0 aliphatic carbocycles. The number of benzene rings is 11. The molecule has 0 saturated carbocycles. The molecule has 0 radical (unpaired) electrons. The van der Waals surface area contributed by atoms with Gasteiger partial charge in [-0.2, -0.15) is 0 Å². The van der Waals surface area contributed by atoms with Crippen LogP contribution in [-0.2, 0) is 0 Å². The predicted molar refractivity (Wildman–Crippen MR) is 260 cm³/mol. The lowest BCUT2D eigenvalue weighted by atomic mass is 9.93. The maximum atomic E-state index is 6.34. The van der Waals surface area contributed by atoms with Crippen molar-refractivity contribution in [1.82, 2.24) is 4.98 Å². The van der Waals surface area contributed by atoms with Gasteiger partial charge in [0, 0.05) is 28.0 Å². The molecule has 0 saturated heterocycles. The lowest BCUT2D eigenvalue weighted by Gasteiger charge is -2.27. The van der Waals surface area contributed by atoms with Crippen LogP contribution in [0.15, 0.2) is 235 Å². The minimum atomic E-state index is 0.626. The summed E-state index contributed by atoms with van der Waals surface area (Å²) in [6, 6.07) is 82.6. The molecule has 0 amide bonds. The Labute approximate surface area is 359 Å². The Morgan fingerprint density at radius 3 is 1.79 bits per heavy atom. The Morgan fingerprint density at radius 2 is 0.952 bits per heavy atom. The van der Waals surface area contributed by atoms with E-state index in [1.807, 2.05) is 36.4 Å². The number of nitrogens with zero attached hydrogens (tertiary/aromatic N) is 2. The normalized spacial score (nSPS) is 11.5. The molecule has 3 heteroatoms. The molecular formula is C59H38N2O. The zero-order chi connectivity index (χ0) is 41.0. The van der Waals surface area contributed by atoms with E-state index in [4.69, 9.17) is 9.40 Å². The van der Waals surface area contributed by atoms with Crippen molar-refractivity contribution in [2.75, 3.05) is 4.90 Å². The second kappa shape index (κ2) is 14.8. The molecule has 0 aliphatic rings. The van der Waals surface area contributed by atoms with Crippen LogP contribution in [0.5, 0.6) is 0 Å². The monoisotopic (exact) mass is 790 g/mol. The van der Waals surface area contributed by atoms with Gasteiger partial charge in [-0.3, -0.25) is 0 Å². The molecule has 0 unspecified atom stereocenters. The van der Waals surface area contributed by atoms with E-state index >= 15 is 0 Å². The molecule has 0 N–H and O–H groups in total. The molecule has 0 atom stereocenters. The highest BCUT2D eigenvalue weighted by molar-refractivity contribution is 6.14. The predicted octanol–water partition coefficient (Wildman–Crippen LogP) is 16.6. The number of hydrogen-bond donors (Lipinski definition) is 0. The third-order valence-electron chi connectivity index (χ3n) is 12.2. The molecule has 12 aromatic rings. The first kappa shape index (κ1) is 35.7. The van der Waals surface area contributed by atoms with Gasteiger partial charge < -0.3 is 9.32 Å².